The van der Waals surface area contributed by atoms with Crippen molar-refractivity contribution in [2.45, 2.75) is 25.3 Å². The molecule has 1 amide bonds. The monoisotopic (exact) mass is 302 g/mol. The van der Waals surface area contributed by atoms with Gasteiger partial charge in [0.1, 0.15) is 0 Å². The quantitative estimate of drug-likeness (QED) is 0.917. The SMILES string of the molecule is CC(=O)N1C[C@H](c2ccccc2)[C@H]2CN(CC(=O)O)CC[C@H]21. The van der Waals surface area contributed by atoms with Crippen molar-refractivity contribution in [2.75, 3.05) is 26.2 Å². The fourth-order valence-corrected chi connectivity index (χ4v) is 4.05. The van der Waals surface area contributed by atoms with Crippen LogP contribution in [0.25, 0.3) is 0 Å². The first kappa shape index (κ1) is 15.0. The lowest BCUT2D eigenvalue weighted by Gasteiger charge is -2.38. The lowest BCUT2D eigenvalue weighted by atomic mass is 9.82. The molecule has 2 aliphatic rings. The second-order valence-corrected chi connectivity index (χ2v) is 6.34. The van der Waals surface area contributed by atoms with E-state index in [-0.39, 0.29) is 18.5 Å². The average Bonchev–Trinajstić information content (AvgIpc) is 2.86. The molecule has 0 aliphatic carbocycles. The zero-order valence-corrected chi connectivity index (χ0v) is 12.8. The first-order chi connectivity index (χ1) is 10.6. The molecule has 0 saturated carbocycles. The number of carboxylic acid groups (broad SMARTS) is 1. The number of aliphatic carboxylic acids is 1. The van der Waals surface area contributed by atoms with E-state index in [1.165, 1.54) is 5.56 Å². The number of carboxylic acids is 1. The molecule has 0 unspecified atom stereocenters. The Morgan fingerprint density at radius 1 is 1.23 bits per heavy atom. The van der Waals surface area contributed by atoms with Crippen LogP contribution in [0.5, 0.6) is 0 Å². The summed E-state index contributed by atoms with van der Waals surface area (Å²) < 4.78 is 0. The summed E-state index contributed by atoms with van der Waals surface area (Å²) in [6, 6.07) is 10.5. The third kappa shape index (κ3) is 2.86. The third-order valence-electron chi connectivity index (χ3n) is 5.01. The van der Waals surface area contributed by atoms with Crippen LogP contribution >= 0.6 is 0 Å². The molecule has 0 spiro atoms. The number of hydrogen-bond donors (Lipinski definition) is 1. The van der Waals surface area contributed by atoms with Crippen molar-refractivity contribution < 1.29 is 14.7 Å². The molecule has 2 fully saturated rings. The lowest BCUT2D eigenvalue weighted by Crippen LogP contribution is -2.48. The minimum Gasteiger partial charge on any atom is -0.480 e. The van der Waals surface area contributed by atoms with Gasteiger partial charge in [-0.05, 0) is 12.0 Å². The maximum atomic E-state index is 12.0. The van der Waals surface area contributed by atoms with E-state index in [9.17, 15) is 9.59 Å². The molecular weight excluding hydrogens is 280 g/mol. The van der Waals surface area contributed by atoms with Crippen LogP contribution in [0.3, 0.4) is 0 Å². The number of nitrogens with zero attached hydrogens (tertiary/aromatic N) is 2. The Balaban J connectivity index is 1.84. The standard InChI is InChI=1S/C17H22N2O3/c1-12(20)19-10-14(13-5-3-2-4-6-13)15-9-18(11-17(21)22)8-7-16(15)19/h2-6,14-16H,7-11H2,1H3,(H,21,22)/t14-,15-,16-/m1/s1. The summed E-state index contributed by atoms with van der Waals surface area (Å²) in [5, 5.41) is 9.02. The van der Waals surface area contributed by atoms with E-state index in [0.29, 0.717) is 11.8 Å². The first-order valence-corrected chi connectivity index (χ1v) is 7.82. The van der Waals surface area contributed by atoms with Crippen molar-refractivity contribution in [3.05, 3.63) is 35.9 Å². The van der Waals surface area contributed by atoms with Crippen LogP contribution in [0.1, 0.15) is 24.8 Å². The van der Waals surface area contributed by atoms with Crippen LogP contribution in [-0.4, -0.2) is 59.0 Å². The molecule has 1 aromatic rings. The molecule has 2 saturated heterocycles. The predicted octanol–water partition coefficient (Wildman–Crippen LogP) is 1.41. The largest absolute Gasteiger partial charge is 0.480 e. The van der Waals surface area contributed by atoms with Gasteiger partial charge in [0.25, 0.3) is 0 Å². The lowest BCUT2D eigenvalue weighted by molar-refractivity contribution is -0.139. The second kappa shape index (κ2) is 6.08. The van der Waals surface area contributed by atoms with Crippen LogP contribution in [0.2, 0.25) is 0 Å². The van der Waals surface area contributed by atoms with Crippen molar-refractivity contribution in [3.63, 3.8) is 0 Å². The molecule has 2 heterocycles. The minimum atomic E-state index is -0.781. The molecular formula is C17H22N2O3. The summed E-state index contributed by atoms with van der Waals surface area (Å²) in [5.74, 6) is -0.0395. The molecule has 118 valence electrons. The van der Waals surface area contributed by atoms with Crippen molar-refractivity contribution in [2.24, 2.45) is 5.92 Å². The minimum absolute atomic E-state index is 0.0881. The van der Waals surface area contributed by atoms with E-state index < -0.39 is 5.97 Å². The predicted molar refractivity (Wildman–Crippen MR) is 82.5 cm³/mol. The molecule has 22 heavy (non-hydrogen) atoms. The Morgan fingerprint density at radius 2 is 1.95 bits per heavy atom. The van der Waals surface area contributed by atoms with Gasteiger partial charge in [0.2, 0.25) is 5.91 Å². The molecule has 2 aliphatic heterocycles. The van der Waals surface area contributed by atoms with E-state index in [4.69, 9.17) is 5.11 Å². The Bertz CT molecular complexity index is 560. The van der Waals surface area contributed by atoms with E-state index in [1.54, 1.807) is 6.92 Å². The third-order valence-corrected chi connectivity index (χ3v) is 5.01. The maximum Gasteiger partial charge on any atom is 0.317 e. The smallest absolute Gasteiger partial charge is 0.317 e. The summed E-state index contributed by atoms with van der Waals surface area (Å²) in [6.45, 7) is 3.97. The number of fused-ring (bicyclic) bond motifs is 1. The van der Waals surface area contributed by atoms with Gasteiger partial charge in [-0.15, -0.1) is 0 Å². The summed E-state index contributed by atoms with van der Waals surface area (Å²) in [7, 11) is 0. The van der Waals surface area contributed by atoms with Gasteiger partial charge >= 0.3 is 5.97 Å². The highest BCUT2D eigenvalue weighted by atomic mass is 16.4. The molecule has 3 rings (SSSR count). The fourth-order valence-electron chi connectivity index (χ4n) is 4.05. The Hall–Kier alpha value is -1.88. The summed E-state index contributed by atoms with van der Waals surface area (Å²) in [5.41, 5.74) is 1.25. The fraction of sp³-hybridized carbons (Fsp3) is 0.529. The normalized spacial score (nSPS) is 28.4. The van der Waals surface area contributed by atoms with Crippen LogP contribution in [-0.2, 0) is 9.59 Å². The highest BCUT2D eigenvalue weighted by Crippen LogP contribution is 2.41. The highest BCUT2D eigenvalue weighted by molar-refractivity contribution is 5.74. The molecule has 3 atom stereocenters. The highest BCUT2D eigenvalue weighted by Gasteiger charge is 2.46. The van der Waals surface area contributed by atoms with E-state index in [2.05, 4.69) is 12.1 Å². The Labute approximate surface area is 130 Å². The number of piperidine rings is 1. The van der Waals surface area contributed by atoms with Crippen LogP contribution in [0, 0.1) is 5.92 Å². The van der Waals surface area contributed by atoms with Crippen LogP contribution in [0.15, 0.2) is 30.3 Å². The molecule has 0 radical (unpaired) electrons. The number of carbonyl (C=O) groups is 2. The molecule has 5 nitrogen and oxygen atoms in total. The van der Waals surface area contributed by atoms with Crippen LogP contribution < -0.4 is 0 Å². The van der Waals surface area contributed by atoms with Gasteiger partial charge in [-0.2, -0.15) is 0 Å². The van der Waals surface area contributed by atoms with Gasteiger partial charge < -0.3 is 10.0 Å². The molecule has 0 bridgehead atoms. The van der Waals surface area contributed by atoms with Gasteiger partial charge in [-0.1, -0.05) is 30.3 Å². The Morgan fingerprint density at radius 3 is 2.59 bits per heavy atom. The summed E-state index contributed by atoms with van der Waals surface area (Å²) in [4.78, 5) is 26.9. The number of hydrogen-bond acceptors (Lipinski definition) is 3. The van der Waals surface area contributed by atoms with Crippen molar-refractivity contribution in [3.8, 4) is 0 Å². The van der Waals surface area contributed by atoms with Gasteiger partial charge in [0.15, 0.2) is 0 Å². The summed E-state index contributed by atoms with van der Waals surface area (Å²) in [6.07, 6.45) is 0.862. The number of carbonyl (C=O) groups excluding carboxylic acids is 1. The number of amides is 1. The van der Waals surface area contributed by atoms with Crippen molar-refractivity contribution in [1.29, 1.82) is 0 Å². The van der Waals surface area contributed by atoms with Crippen molar-refractivity contribution in [1.82, 2.24) is 9.80 Å². The molecule has 1 aromatic carbocycles. The number of likely N-dealkylation sites (tertiary alicyclic amines) is 2. The number of rotatable bonds is 3. The maximum absolute atomic E-state index is 12.0. The first-order valence-electron chi connectivity index (χ1n) is 7.82. The molecule has 0 aromatic heterocycles. The molecule has 5 heteroatoms. The number of benzene rings is 1. The zero-order chi connectivity index (χ0) is 15.7. The van der Waals surface area contributed by atoms with Gasteiger partial charge in [-0.3, -0.25) is 14.5 Å². The average molecular weight is 302 g/mol. The van der Waals surface area contributed by atoms with Crippen molar-refractivity contribution >= 4 is 11.9 Å². The second-order valence-electron chi connectivity index (χ2n) is 6.34. The van der Waals surface area contributed by atoms with Crippen LogP contribution in [0.4, 0.5) is 0 Å². The summed E-state index contributed by atoms with van der Waals surface area (Å²) >= 11 is 0. The van der Waals surface area contributed by atoms with Gasteiger partial charge in [0, 0.05) is 44.4 Å². The Kier molecular flexibility index (Phi) is 4.16. The molecule has 1 N–H and O–H groups in total. The van der Waals surface area contributed by atoms with E-state index in [0.717, 1.165) is 26.1 Å². The van der Waals surface area contributed by atoms with Gasteiger partial charge in [-0.25, -0.2) is 0 Å². The van der Waals surface area contributed by atoms with E-state index in [1.807, 2.05) is 28.0 Å². The topological polar surface area (TPSA) is 60.9 Å². The zero-order valence-electron chi connectivity index (χ0n) is 12.8. The van der Waals surface area contributed by atoms with Gasteiger partial charge in [0.05, 0.1) is 6.54 Å². The van der Waals surface area contributed by atoms with E-state index >= 15 is 0 Å².